The highest BCUT2D eigenvalue weighted by Gasteiger charge is 2.18. The lowest BCUT2D eigenvalue weighted by Gasteiger charge is -2.22. The standard InChI is InChI=1S/C25H44O2/c1-3-4-5-6-7-8-9-10-11-12-13-14-15-16-17-18-19-20-25-22-24(26)21-23(2)27-25/h10-11,21,25H,3-9,12-20,22H2,1-2H3/b11-10+. The van der Waals surface area contributed by atoms with Gasteiger partial charge in [0.15, 0.2) is 5.78 Å². The van der Waals surface area contributed by atoms with E-state index in [2.05, 4.69) is 19.1 Å². The Morgan fingerprint density at radius 2 is 1.37 bits per heavy atom. The Labute approximate surface area is 168 Å². The van der Waals surface area contributed by atoms with Gasteiger partial charge in [-0.15, -0.1) is 0 Å². The fourth-order valence-electron chi connectivity index (χ4n) is 3.81. The van der Waals surface area contributed by atoms with Gasteiger partial charge in [0.05, 0.1) is 5.76 Å². The molecule has 0 N–H and O–H groups in total. The zero-order valence-electron chi connectivity index (χ0n) is 18.1. The number of ketones is 1. The highest BCUT2D eigenvalue weighted by Crippen LogP contribution is 2.20. The van der Waals surface area contributed by atoms with Crippen LogP contribution in [0.2, 0.25) is 0 Å². The Balaban J connectivity index is 1.78. The molecule has 0 saturated heterocycles. The molecule has 0 aromatic rings. The van der Waals surface area contributed by atoms with Crippen molar-refractivity contribution in [3.05, 3.63) is 24.0 Å². The molecule has 0 aliphatic carbocycles. The molecule has 0 radical (unpaired) electrons. The van der Waals surface area contributed by atoms with Crippen LogP contribution in [0.15, 0.2) is 24.0 Å². The molecule has 2 nitrogen and oxygen atoms in total. The minimum absolute atomic E-state index is 0.130. The van der Waals surface area contributed by atoms with Crippen molar-refractivity contribution >= 4 is 5.78 Å². The van der Waals surface area contributed by atoms with Crippen LogP contribution < -0.4 is 0 Å². The van der Waals surface area contributed by atoms with E-state index >= 15 is 0 Å². The number of allylic oxidation sites excluding steroid dienone is 4. The van der Waals surface area contributed by atoms with E-state index in [1.807, 2.05) is 6.92 Å². The smallest absolute Gasteiger partial charge is 0.162 e. The van der Waals surface area contributed by atoms with Crippen LogP contribution in [0.4, 0.5) is 0 Å². The quantitative estimate of drug-likeness (QED) is 0.189. The summed E-state index contributed by atoms with van der Waals surface area (Å²) >= 11 is 0. The molecule has 1 aliphatic heterocycles. The third-order valence-corrected chi connectivity index (χ3v) is 5.43. The second kappa shape index (κ2) is 17.1. The second-order valence-corrected chi connectivity index (χ2v) is 8.25. The molecular weight excluding hydrogens is 332 g/mol. The lowest BCUT2D eigenvalue weighted by Crippen LogP contribution is -2.21. The summed E-state index contributed by atoms with van der Waals surface area (Å²) in [5.74, 6) is 1.02. The van der Waals surface area contributed by atoms with Gasteiger partial charge < -0.3 is 4.74 Å². The molecule has 1 rings (SSSR count). The monoisotopic (exact) mass is 376 g/mol. The van der Waals surface area contributed by atoms with Crippen molar-refractivity contribution in [1.29, 1.82) is 0 Å². The van der Waals surface area contributed by atoms with Crippen molar-refractivity contribution in [3.8, 4) is 0 Å². The molecule has 0 bridgehead atoms. The summed E-state index contributed by atoms with van der Waals surface area (Å²) < 4.78 is 5.72. The summed E-state index contributed by atoms with van der Waals surface area (Å²) in [6, 6.07) is 0. The fourth-order valence-corrected chi connectivity index (χ4v) is 3.81. The van der Waals surface area contributed by atoms with Gasteiger partial charge in [0.1, 0.15) is 6.10 Å². The SMILES string of the molecule is CCCCCCCC/C=C/CCCCCCCCCC1CC(=O)C=C(C)O1. The van der Waals surface area contributed by atoms with Gasteiger partial charge in [-0.25, -0.2) is 0 Å². The lowest BCUT2D eigenvalue weighted by molar-refractivity contribution is -0.118. The fraction of sp³-hybridized carbons (Fsp3) is 0.800. The third kappa shape index (κ3) is 14.7. The Bertz CT molecular complexity index is 422. The molecule has 1 unspecified atom stereocenters. The van der Waals surface area contributed by atoms with Crippen molar-refractivity contribution in [2.75, 3.05) is 0 Å². The summed E-state index contributed by atoms with van der Waals surface area (Å²) in [5.41, 5.74) is 0. The molecule has 0 aromatic carbocycles. The molecular formula is C25H44O2. The van der Waals surface area contributed by atoms with Gasteiger partial charge in [-0.3, -0.25) is 4.79 Å². The van der Waals surface area contributed by atoms with Crippen molar-refractivity contribution in [3.63, 3.8) is 0 Å². The number of rotatable bonds is 17. The normalized spacial score (nSPS) is 17.3. The van der Waals surface area contributed by atoms with E-state index < -0.39 is 0 Å². The molecule has 156 valence electrons. The van der Waals surface area contributed by atoms with Crippen molar-refractivity contribution in [1.82, 2.24) is 0 Å². The van der Waals surface area contributed by atoms with Gasteiger partial charge in [-0.2, -0.15) is 0 Å². The van der Waals surface area contributed by atoms with Gasteiger partial charge in [0.2, 0.25) is 0 Å². The van der Waals surface area contributed by atoms with E-state index in [9.17, 15) is 4.79 Å². The Morgan fingerprint density at radius 3 is 1.93 bits per heavy atom. The lowest BCUT2D eigenvalue weighted by atomic mass is 10.0. The zero-order valence-corrected chi connectivity index (χ0v) is 18.1. The molecule has 1 aliphatic rings. The molecule has 1 atom stereocenters. The predicted molar refractivity (Wildman–Crippen MR) is 117 cm³/mol. The summed E-state index contributed by atoms with van der Waals surface area (Å²) in [6.45, 7) is 4.16. The maximum absolute atomic E-state index is 11.5. The van der Waals surface area contributed by atoms with Crippen LogP contribution in [0.25, 0.3) is 0 Å². The number of carbonyl (C=O) groups excluding carboxylic acids is 1. The molecule has 0 aromatic heterocycles. The van der Waals surface area contributed by atoms with Crippen molar-refractivity contribution in [2.45, 2.75) is 129 Å². The number of hydrogen-bond acceptors (Lipinski definition) is 2. The third-order valence-electron chi connectivity index (χ3n) is 5.43. The summed E-state index contributed by atoms with van der Waals surface area (Å²) in [6.07, 6.45) is 28.3. The molecule has 27 heavy (non-hydrogen) atoms. The van der Waals surface area contributed by atoms with Gasteiger partial charge in [-0.05, 0) is 45.4 Å². The van der Waals surface area contributed by atoms with Crippen LogP contribution in [0.3, 0.4) is 0 Å². The number of ether oxygens (including phenoxy) is 1. The van der Waals surface area contributed by atoms with E-state index in [0.29, 0.717) is 6.42 Å². The first kappa shape index (κ1) is 24.0. The minimum atomic E-state index is 0.130. The van der Waals surface area contributed by atoms with Crippen LogP contribution in [-0.4, -0.2) is 11.9 Å². The first-order valence-corrected chi connectivity index (χ1v) is 11.7. The van der Waals surface area contributed by atoms with E-state index in [1.54, 1.807) is 6.08 Å². The van der Waals surface area contributed by atoms with Crippen molar-refractivity contribution < 1.29 is 9.53 Å². The van der Waals surface area contributed by atoms with Gasteiger partial charge in [-0.1, -0.05) is 83.3 Å². The van der Waals surface area contributed by atoms with Crippen LogP contribution in [0.5, 0.6) is 0 Å². The largest absolute Gasteiger partial charge is 0.494 e. The van der Waals surface area contributed by atoms with Crippen LogP contribution >= 0.6 is 0 Å². The van der Waals surface area contributed by atoms with Crippen LogP contribution in [0.1, 0.15) is 123 Å². The minimum Gasteiger partial charge on any atom is -0.494 e. The maximum Gasteiger partial charge on any atom is 0.162 e. The average molecular weight is 377 g/mol. The molecule has 2 heteroatoms. The van der Waals surface area contributed by atoms with Gasteiger partial charge in [0, 0.05) is 12.5 Å². The summed E-state index contributed by atoms with van der Waals surface area (Å²) in [7, 11) is 0. The van der Waals surface area contributed by atoms with Gasteiger partial charge >= 0.3 is 0 Å². The number of unbranched alkanes of at least 4 members (excludes halogenated alkanes) is 13. The van der Waals surface area contributed by atoms with E-state index in [0.717, 1.165) is 12.2 Å². The van der Waals surface area contributed by atoms with E-state index in [-0.39, 0.29) is 11.9 Å². The van der Waals surface area contributed by atoms with Gasteiger partial charge in [0.25, 0.3) is 0 Å². The van der Waals surface area contributed by atoms with E-state index in [1.165, 1.54) is 96.3 Å². The highest BCUT2D eigenvalue weighted by atomic mass is 16.5. The predicted octanol–water partition coefficient (Wildman–Crippen LogP) is 8.07. The van der Waals surface area contributed by atoms with Crippen molar-refractivity contribution in [2.24, 2.45) is 0 Å². The van der Waals surface area contributed by atoms with E-state index in [4.69, 9.17) is 4.74 Å². The molecule has 0 amide bonds. The zero-order chi connectivity index (χ0) is 19.6. The second-order valence-electron chi connectivity index (χ2n) is 8.25. The maximum atomic E-state index is 11.5. The number of hydrogen-bond donors (Lipinski definition) is 0. The molecule has 0 fully saturated rings. The molecule has 0 saturated carbocycles. The Kier molecular flexibility index (Phi) is 15.2. The average Bonchev–Trinajstić information content (AvgIpc) is 2.63. The number of carbonyl (C=O) groups is 1. The molecule has 0 spiro atoms. The Hall–Kier alpha value is -1.05. The highest BCUT2D eigenvalue weighted by molar-refractivity contribution is 5.91. The topological polar surface area (TPSA) is 26.3 Å². The molecule has 1 heterocycles. The Morgan fingerprint density at radius 1 is 0.852 bits per heavy atom. The van der Waals surface area contributed by atoms with Crippen LogP contribution in [-0.2, 0) is 9.53 Å². The summed E-state index contributed by atoms with van der Waals surface area (Å²) in [5, 5.41) is 0. The van der Waals surface area contributed by atoms with Crippen LogP contribution in [0, 0.1) is 0 Å². The first-order chi connectivity index (χ1) is 13.2. The summed E-state index contributed by atoms with van der Waals surface area (Å²) in [4.78, 5) is 11.5. The first-order valence-electron chi connectivity index (χ1n) is 11.7.